The van der Waals surface area contributed by atoms with Crippen LogP contribution in [-0.2, 0) is 19.1 Å². The van der Waals surface area contributed by atoms with Gasteiger partial charge in [0.2, 0.25) is 0 Å². The standard InChI is InChI=1S/C10H21NO6S/c1-2-3-4-5-6-18(15,16)17-10(14)8(11)7-9(12)13/h8-9,12-13H,2-7,11H2,1H3/t8-/m0/s1. The number of unbranched alkanes of at least 4 members (excludes halogenated alkanes) is 3. The molecule has 1 atom stereocenters. The molecule has 0 aromatic heterocycles. The fourth-order valence-corrected chi connectivity index (χ4v) is 2.27. The average Bonchev–Trinajstić information content (AvgIpc) is 2.23. The second kappa shape index (κ2) is 8.41. The molecule has 0 unspecified atom stereocenters. The van der Waals surface area contributed by atoms with Gasteiger partial charge in [0.15, 0.2) is 6.29 Å². The summed E-state index contributed by atoms with van der Waals surface area (Å²) in [5, 5.41) is 17.2. The van der Waals surface area contributed by atoms with Gasteiger partial charge in [-0.25, -0.2) is 4.79 Å². The second-order valence-corrected chi connectivity index (χ2v) is 5.74. The monoisotopic (exact) mass is 283 g/mol. The first-order valence-electron chi connectivity index (χ1n) is 5.86. The van der Waals surface area contributed by atoms with E-state index in [4.69, 9.17) is 15.9 Å². The summed E-state index contributed by atoms with van der Waals surface area (Å²) in [6.45, 7) is 1.99. The molecule has 0 radical (unpaired) electrons. The minimum Gasteiger partial charge on any atom is -0.368 e. The van der Waals surface area contributed by atoms with Crippen molar-refractivity contribution in [3.63, 3.8) is 0 Å². The minimum absolute atomic E-state index is 0.243. The number of rotatable bonds is 9. The number of hydrogen-bond acceptors (Lipinski definition) is 7. The van der Waals surface area contributed by atoms with Gasteiger partial charge in [-0.3, -0.25) is 0 Å². The maximum Gasteiger partial charge on any atom is 0.338 e. The van der Waals surface area contributed by atoms with Gasteiger partial charge < -0.3 is 20.1 Å². The second-order valence-electron chi connectivity index (χ2n) is 4.05. The third-order valence-electron chi connectivity index (χ3n) is 2.22. The minimum atomic E-state index is -3.93. The number of aliphatic hydroxyl groups excluding tert-OH is 1. The number of carbonyl (C=O) groups excluding carboxylic acids is 1. The lowest BCUT2D eigenvalue weighted by atomic mass is 10.2. The quantitative estimate of drug-likeness (QED) is 0.295. The summed E-state index contributed by atoms with van der Waals surface area (Å²) >= 11 is 0. The van der Waals surface area contributed by atoms with E-state index in [-0.39, 0.29) is 5.75 Å². The first kappa shape index (κ1) is 17.3. The van der Waals surface area contributed by atoms with E-state index >= 15 is 0 Å². The number of nitrogens with two attached hydrogens (primary N) is 1. The van der Waals surface area contributed by atoms with Crippen molar-refractivity contribution < 1.29 is 27.6 Å². The van der Waals surface area contributed by atoms with Crippen LogP contribution in [0, 0.1) is 0 Å². The molecule has 0 amide bonds. The predicted octanol–water partition coefficient (Wildman–Crippen LogP) is -0.532. The van der Waals surface area contributed by atoms with Gasteiger partial charge in [-0.2, -0.15) is 8.42 Å². The topological polar surface area (TPSA) is 127 Å². The highest BCUT2D eigenvalue weighted by Crippen LogP contribution is 2.06. The molecule has 18 heavy (non-hydrogen) atoms. The van der Waals surface area contributed by atoms with Crippen molar-refractivity contribution in [1.29, 1.82) is 0 Å². The molecule has 0 heterocycles. The van der Waals surface area contributed by atoms with Crippen LogP contribution >= 0.6 is 0 Å². The Hall–Kier alpha value is -0.700. The fourth-order valence-electron chi connectivity index (χ4n) is 1.26. The molecule has 0 aromatic rings. The van der Waals surface area contributed by atoms with Crippen LogP contribution in [-0.4, -0.2) is 42.7 Å². The van der Waals surface area contributed by atoms with Crippen LogP contribution in [0.15, 0.2) is 0 Å². The number of aliphatic hydroxyl groups is 2. The van der Waals surface area contributed by atoms with Crippen molar-refractivity contribution >= 4 is 16.1 Å². The summed E-state index contributed by atoms with van der Waals surface area (Å²) in [5.74, 6) is -1.41. The summed E-state index contributed by atoms with van der Waals surface area (Å²) in [5.41, 5.74) is 5.24. The Labute approximate surface area is 107 Å². The van der Waals surface area contributed by atoms with Crippen LogP contribution in [0.25, 0.3) is 0 Å². The Kier molecular flexibility index (Phi) is 8.08. The average molecular weight is 283 g/mol. The van der Waals surface area contributed by atoms with Crippen molar-refractivity contribution in [2.75, 3.05) is 5.75 Å². The van der Waals surface area contributed by atoms with Crippen LogP contribution in [0.5, 0.6) is 0 Å². The third kappa shape index (κ3) is 8.40. The molecular weight excluding hydrogens is 262 g/mol. The molecular formula is C10H21NO6S. The Balaban J connectivity index is 4.11. The molecule has 0 saturated heterocycles. The van der Waals surface area contributed by atoms with Gasteiger partial charge in [0.25, 0.3) is 0 Å². The van der Waals surface area contributed by atoms with Gasteiger partial charge in [0, 0.05) is 6.42 Å². The molecule has 0 aliphatic carbocycles. The van der Waals surface area contributed by atoms with E-state index in [1.807, 2.05) is 6.92 Å². The van der Waals surface area contributed by atoms with Gasteiger partial charge in [0.1, 0.15) is 6.04 Å². The molecule has 0 aliphatic heterocycles. The summed E-state index contributed by atoms with van der Waals surface area (Å²) < 4.78 is 27.0. The van der Waals surface area contributed by atoms with E-state index in [0.717, 1.165) is 19.3 Å². The van der Waals surface area contributed by atoms with Gasteiger partial charge in [0.05, 0.1) is 5.75 Å². The van der Waals surface area contributed by atoms with Crippen LogP contribution < -0.4 is 5.73 Å². The Morgan fingerprint density at radius 2 is 1.89 bits per heavy atom. The van der Waals surface area contributed by atoms with Crippen molar-refractivity contribution in [3.05, 3.63) is 0 Å². The summed E-state index contributed by atoms with van der Waals surface area (Å²) in [6.07, 6.45) is 0.804. The van der Waals surface area contributed by atoms with Crippen LogP contribution in [0.2, 0.25) is 0 Å². The lowest BCUT2D eigenvalue weighted by molar-refractivity contribution is -0.138. The molecule has 8 heteroatoms. The maximum atomic E-state index is 11.4. The highest BCUT2D eigenvalue weighted by Gasteiger charge is 2.24. The van der Waals surface area contributed by atoms with Crippen LogP contribution in [0.3, 0.4) is 0 Å². The number of carbonyl (C=O) groups is 1. The van der Waals surface area contributed by atoms with E-state index in [9.17, 15) is 13.2 Å². The zero-order chi connectivity index (χ0) is 14.2. The first-order valence-corrected chi connectivity index (χ1v) is 7.44. The van der Waals surface area contributed by atoms with Crippen molar-refractivity contribution in [3.8, 4) is 0 Å². The van der Waals surface area contributed by atoms with E-state index in [2.05, 4.69) is 4.18 Å². The van der Waals surface area contributed by atoms with Gasteiger partial charge in [-0.05, 0) is 6.42 Å². The zero-order valence-electron chi connectivity index (χ0n) is 10.4. The molecule has 0 bridgehead atoms. The van der Waals surface area contributed by atoms with E-state index in [1.165, 1.54) is 0 Å². The molecule has 7 nitrogen and oxygen atoms in total. The molecule has 0 aliphatic rings. The Morgan fingerprint density at radius 3 is 2.39 bits per heavy atom. The van der Waals surface area contributed by atoms with Gasteiger partial charge >= 0.3 is 16.1 Å². The SMILES string of the molecule is CCCCCCS(=O)(=O)OC(=O)[C@@H](N)CC(O)O. The normalized spacial score (nSPS) is 13.6. The van der Waals surface area contributed by atoms with E-state index < -0.39 is 34.8 Å². The van der Waals surface area contributed by atoms with Gasteiger partial charge in [-0.15, -0.1) is 0 Å². The Morgan fingerprint density at radius 1 is 1.28 bits per heavy atom. The molecule has 0 spiro atoms. The lowest BCUT2D eigenvalue weighted by Gasteiger charge is -2.12. The van der Waals surface area contributed by atoms with E-state index in [0.29, 0.717) is 6.42 Å². The van der Waals surface area contributed by atoms with Crippen LogP contribution in [0.4, 0.5) is 0 Å². The largest absolute Gasteiger partial charge is 0.368 e. The molecule has 0 aromatic carbocycles. The molecule has 0 saturated carbocycles. The van der Waals surface area contributed by atoms with Crippen LogP contribution in [0.1, 0.15) is 39.0 Å². The highest BCUT2D eigenvalue weighted by atomic mass is 32.2. The molecule has 0 rings (SSSR count). The highest BCUT2D eigenvalue weighted by molar-refractivity contribution is 7.87. The first-order chi connectivity index (χ1) is 8.28. The summed E-state index contributed by atoms with van der Waals surface area (Å²) in [4.78, 5) is 11.2. The summed E-state index contributed by atoms with van der Waals surface area (Å²) in [7, 11) is -3.93. The summed E-state index contributed by atoms with van der Waals surface area (Å²) in [6, 6.07) is -1.37. The molecule has 108 valence electrons. The van der Waals surface area contributed by atoms with Crippen molar-refractivity contribution in [2.24, 2.45) is 5.73 Å². The van der Waals surface area contributed by atoms with Crippen molar-refractivity contribution in [1.82, 2.24) is 0 Å². The third-order valence-corrected chi connectivity index (χ3v) is 3.43. The van der Waals surface area contributed by atoms with Crippen molar-refractivity contribution in [2.45, 2.75) is 51.4 Å². The Bertz CT molecular complexity index is 340. The van der Waals surface area contributed by atoms with Gasteiger partial charge in [-0.1, -0.05) is 26.2 Å². The maximum absolute atomic E-state index is 11.4. The van der Waals surface area contributed by atoms with E-state index in [1.54, 1.807) is 0 Å². The number of hydrogen-bond donors (Lipinski definition) is 3. The smallest absolute Gasteiger partial charge is 0.338 e. The zero-order valence-corrected chi connectivity index (χ0v) is 11.2. The fraction of sp³-hybridized carbons (Fsp3) is 0.900. The molecule has 4 N–H and O–H groups in total. The molecule has 0 fully saturated rings. The lowest BCUT2D eigenvalue weighted by Crippen LogP contribution is -2.37. The predicted molar refractivity (Wildman–Crippen MR) is 64.8 cm³/mol.